The van der Waals surface area contributed by atoms with E-state index in [1.165, 1.54) is 6.20 Å². The van der Waals surface area contributed by atoms with Gasteiger partial charge in [0.15, 0.2) is 0 Å². The van der Waals surface area contributed by atoms with E-state index in [0.717, 1.165) is 6.54 Å². The fourth-order valence-corrected chi connectivity index (χ4v) is 0.219. The summed E-state index contributed by atoms with van der Waals surface area (Å²) in [6.45, 7) is 4.27. The van der Waals surface area contributed by atoms with Gasteiger partial charge < -0.3 is 11.1 Å². The van der Waals surface area contributed by atoms with Crippen LogP contribution in [0.25, 0.3) is 0 Å². The van der Waals surface area contributed by atoms with Crippen molar-refractivity contribution < 1.29 is 0 Å². The Bertz CT molecular complexity index is 66.5. The van der Waals surface area contributed by atoms with Crippen molar-refractivity contribution in [3.05, 3.63) is 25.1 Å². The number of hydrogen-bond donors (Lipinski definition) is 2. The Kier molecular flexibility index (Phi) is 4.41. The van der Waals surface area contributed by atoms with Crippen molar-refractivity contribution in [2.24, 2.45) is 5.73 Å². The SMILES string of the molecule is C=CCN/C=C/N. The molecule has 0 unspecified atom stereocenters. The molecule has 0 spiro atoms. The minimum atomic E-state index is 0.772. The molecule has 0 aromatic heterocycles. The molecular formula is C5H10N2. The number of hydrogen-bond acceptors (Lipinski definition) is 2. The first-order valence-electron chi connectivity index (χ1n) is 2.13. The molecule has 0 aromatic rings. The summed E-state index contributed by atoms with van der Waals surface area (Å²) in [4.78, 5) is 0. The van der Waals surface area contributed by atoms with Gasteiger partial charge in [0.2, 0.25) is 0 Å². The predicted molar refractivity (Wildman–Crippen MR) is 31.5 cm³/mol. The summed E-state index contributed by atoms with van der Waals surface area (Å²) in [5, 5.41) is 2.86. The fraction of sp³-hybridized carbons (Fsp3) is 0.200. The average molecular weight is 98.1 g/mol. The second-order valence-corrected chi connectivity index (χ2v) is 1.06. The van der Waals surface area contributed by atoms with E-state index in [0.29, 0.717) is 0 Å². The maximum absolute atomic E-state index is 4.99. The van der Waals surface area contributed by atoms with Crippen molar-refractivity contribution >= 4 is 0 Å². The number of rotatable bonds is 3. The van der Waals surface area contributed by atoms with Gasteiger partial charge in [0.05, 0.1) is 0 Å². The van der Waals surface area contributed by atoms with Gasteiger partial charge in [-0.25, -0.2) is 0 Å². The van der Waals surface area contributed by atoms with E-state index in [1.54, 1.807) is 12.3 Å². The van der Waals surface area contributed by atoms with E-state index in [1.807, 2.05) is 0 Å². The van der Waals surface area contributed by atoms with E-state index in [2.05, 4.69) is 11.9 Å². The molecule has 0 aromatic carbocycles. The predicted octanol–water partition coefficient (Wildman–Crippen LogP) is 0.192. The molecule has 0 fully saturated rings. The summed E-state index contributed by atoms with van der Waals surface area (Å²) in [6, 6.07) is 0. The fourth-order valence-electron chi connectivity index (χ4n) is 0.219. The van der Waals surface area contributed by atoms with Crippen LogP contribution in [0, 0.1) is 0 Å². The van der Waals surface area contributed by atoms with Gasteiger partial charge in [0.25, 0.3) is 0 Å². The second-order valence-electron chi connectivity index (χ2n) is 1.06. The zero-order valence-corrected chi connectivity index (χ0v) is 4.22. The Morgan fingerprint density at radius 1 is 1.71 bits per heavy atom. The molecule has 0 bridgehead atoms. The maximum atomic E-state index is 4.99. The summed E-state index contributed by atoms with van der Waals surface area (Å²) in [7, 11) is 0. The van der Waals surface area contributed by atoms with Crippen LogP contribution in [0.2, 0.25) is 0 Å². The molecule has 0 aliphatic heterocycles. The van der Waals surface area contributed by atoms with Crippen molar-refractivity contribution in [1.82, 2.24) is 5.32 Å². The molecule has 2 heteroatoms. The van der Waals surface area contributed by atoms with Crippen molar-refractivity contribution in [2.45, 2.75) is 0 Å². The Hall–Kier alpha value is -0.920. The van der Waals surface area contributed by atoms with Crippen LogP contribution in [0.4, 0.5) is 0 Å². The van der Waals surface area contributed by atoms with E-state index >= 15 is 0 Å². The van der Waals surface area contributed by atoms with Crippen LogP contribution in [-0.4, -0.2) is 6.54 Å². The molecule has 0 heterocycles. The van der Waals surface area contributed by atoms with E-state index in [9.17, 15) is 0 Å². The third kappa shape index (κ3) is 5.08. The van der Waals surface area contributed by atoms with Gasteiger partial charge in [0, 0.05) is 18.9 Å². The highest BCUT2D eigenvalue weighted by Crippen LogP contribution is 1.57. The third-order valence-corrected chi connectivity index (χ3v) is 0.476. The lowest BCUT2D eigenvalue weighted by Gasteiger charge is -1.87. The van der Waals surface area contributed by atoms with Crippen molar-refractivity contribution in [1.29, 1.82) is 0 Å². The Labute approximate surface area is 43.7 Å². The largest absolute Gasteiger partial charge is 0.403 e. The smallest absolute Gasteiger partial charge is 0.0323 e. The molecule has 3 N–H and O–H groups in total. The van der Waals surface area contributed by atoms with Crippen LogP contribution >= 0.6 is 0 Å². The summed E-state index contributed by atoms with van der Waals surface area (Å²) in [5.74, 6) is 0. The van der Waals surface area contributed by atoms with E-state index in [4.69, 9.17) is 5.73 Å². The number of nitrogens with one attached hydrogen (secondary N) is 1. The monoisotopic (exact) mass is 98.1 g/mol. The topological polar surface area (TPSA) is 38.0 Å². The molecule has 0 rings (SSSR count). The molecule has 0 saturated carbocycles. The van der Waals surface area contributed by atoms with Crippen molar-refractivity contribution in [3.8, 4) is 0 Å². The van der Waals surface area contributed by atoms with Gasteiger partial charge in [-0.15, -0.1) is 6.58 Å². The number of nitrogens with two attached hydrogens (primary N) is 1. The first-order valence-corrected chi connectivity index (χ1v) is 2.13. The normalized spacial score (nSPS) is 9.14. The lowest BCUT2D eigenvalue weighted by molar-refractivity contribution is 0.983. The van der Waals surface area contributed by atoms with Crippen molar-refractivity contribution in [3.63, 3.8) is 0 Å². The van der Waals surface area contributed by atoms with E-state index < -0.39 is 0 Å². The van der Waals surface area contributed by atoms with E-state index in [-0.39, 0.29) is 0 Å². The van der Waals surface area contributed by atoms with Gasteiger partial charge >= 0.3 is 0 Å². The minimum absolute atomic E-state index is 0.772. The van der Waals surface area contributed by atoms with Gasteiger partial charge in [-0.1, -0.05) is 6.08 Å². The Morgan fingerprint density at radius 3 is 2.86 bits per heavy atom. The molecule has 2 nitrogen and oxygen atoms in total. The summed E-state index contributed by atoms with van der Waals surface area (Å²) < 4.78 is 0. The van der Waals surface area contributed by atoms with Crippen LogP contribution in [0.5, 0.6) is 0 Å². The van der Waals surface area contributed by atoms with Gasteiger partial charge in [0.1, 0.15) is 0 Å². The van der Waals surface area contributed by atoms with Gasteiger partial charge in [-0.05, 0) is 0 Å². The van der Waals surface area contributed by atoms with Crippen LogP contribution in [0.3, 0.4) is 0 Å². The standard InChI is InChI=1S/C5H10N2/c1-2-4-7-5-3-6/h2-3,5,7H,1,4,6H2/b5-3+. The second kappa shape index (κ2) is 5.08. The molecule has 0 aliphatic rings. The highest BCUT2D eigenvalue weighted by molar-refractivity contribution is 4.78. The summed E-state index contributed by atoms with van der Waals surface area (Å²) in [6.07, 6.45) is 4.88. The molecule has 0 atom stereocenters. The molecular weight excluding hydrogens is 88.1 g/mol. The quantitative estimate of drug-likeness (QED) is 0.390. The zero-order chi connectivity index (χ0) is 5.54. The highest BCUT2D eigenvalue weighted by Gasteiger charge is 1.62. The zero-order valence-electron chi connectivity index (χ0n) is 4.22. The highest BCUT2D eigenvalue weighted by atomic mass is 14.8. The lowest BCUT2D eigenvalue weighted by atomic mass is 10.6. The lowest BCUT2D eigenvalue weighted by Crippen LogP contribution is -2.03. The first kappa shape index (κ1) is 6.08. The van der Waals surface area contributed by atoms with Crippen LogP contribution < -0.4 is 11.1 Å². The Balaban J connectivity index is 2.82. The van der Waals surface area contributed by atoms with Gasteiger partial charge in [-0.3, -0.25) is 0 Å². The van der Waals surface area contributed by atoms with Gasteiger partial charge in [-0.2, -0.15) is 0 Å². The molecule has 0 saturated heterocycles. The molecule has 0 amide bonds. The summed E-state index contributed by atoms with van der Waals surface area (Å²) in [5.41, 5.74) is 4.99. The third-order valence-electron chi connectivity index (χ3n) is 0.476. The summed E-state index contributed by atoms with van der Waals surface area (Å²) >= 11 is 0. The average Bonchev–Trinajstić information content (AvgIpc) is 1.69. The van der Waals surface area contributed by atoms with Crippen LogP contribution in [0.1, 0.15) is 0 Å². The van der Waals surface area contributed by atoms with Crippen LogP contribution in [0.15, 0.2) is 25.1 Å². The van der Waals surface area contributed by atoms with Crippen LogP contribution in [-0.2, 0) is 0 Å². The Morgan fingerprint density at radius 2 is 2.43 bits per heavy atom. The molecule has 0 aliphatic carbocycles. The first-order chi connectivity index (χ1) is 3.41. The maximum Gasteiger partial charge on any atom is 0.0323 e. The molecule has 0 radical (unpaired) electrons. The minimum Gasteiger partial charge on any atom is -0.403 e. The molecule has 40 valence electrons. The molecule has 7 heavy (non-hydrogen) atoms. The van der Waals surface area contributed by atoms with Crippen molar-refractivity contribution in [2.75, 3.05) is 6.54 Å².